The van der Waals surface area contributed by atoms with Crippen LogP contribution in [0.25, 0.3) is 22.2 Å². The molecule has 0 amide bonds. The number of H-pyrrole nitrogens is 2. The van der Waals surface area contributed by atoms with E-state index in [1.54, 1.807) is 12.1 Å². The average molecular weight is 344 g/mol. The molecule has 0 aliphatic rings. The first-order chi connectivity index (χ1) is 11.9. The Morgan fingerprint density at radius 3 is 1.84 bits per heavy atom. The smallest absolute Gasteiger partial charge is 0.354 e. The summed E-state index contributed by atoms with van der Waals surface area (Å²) < 4.78 is 15.1. The fourth-order valence-corrected chi connectivity index (χ4v) is 2.43. The number of carbonyl (C=O) groups is 2. The number of aryl methyl sites for hydroxylation is 2. The molecular formula is C17H16N2O6. The molecule has 4 rings (SSSR count). The van der Waals surface area contributed by atoms with Crippen LogP contribution in [0.1, 0.15) is 32.5 Å². The summed E-state index contributed by atoms with van der Waals surface area (Å²) in [4.78, 5) is 27.2. The number of rotatable bonds is 2. The van der Waals surface area contributed by atoms with Gasteiger partial charge in [0.25, 0.3) is 0 Å². The summed E-state index contributed by atoms with van der Waals surface area (Å²) in [6.07, 6.45) is 0. The Balaban J connectivity index is 0.000000146. The quantitative estimate of drug-likeness (QED) is 0.477. The number of hydrogen-bond donors (Lipinski definition) is 3. The summed E-state index contributed by atoms with van der Waals surface area (Å²) in [5.74, 6) is 0.231. The molecule has 8 nitrogen and oxygen atoms in total. The average Bonchev–Trinajstić information content (AvgIpc) is 3.25. The van der Waals surface area contributed by atoms with Gasteiger partial charge in [0.2, 0.25) is 0 Å². The SMILES string of the molecule is COC(=O)c1cc2oc(C)cc2[nH]1.Cc1cc2[nH]c(C(=O)O)cc2o1. The number of aromatic amines is 2. The van der Waals surface area contributed by atoms with Crippen LogP contribution in [-0.2, 0) is 4.74 Å². The van der Waals surface area contributed by atoms with Gasteiger partial charge in [-0.1, -0.05) is 0 Å². The third kappa shape index (κ3) is 3.27. The van der Waals surface area contributed by atoms with Crippen molar-refractivity contribution in [1.82, 2.24) is 9.97 Å². The molecule has 0 fully saturated rings. The van der Waals surface area contributed by atoms with Crippen molar-refractivity contribution in [2.75, 3.05) is 7.11 Å². The molecule has 0 unspecified atom stereocenters. The lowest BCUT2D eigenvalue weighted by Gasteiger charge is -1.92. The lowest BCUT2D eigenvalue weighted by Crippen LogP contribution is -2.00. The summed E-state index contributed by atoms with van der Waals surface area (Å²) >= 11 is 0. The van der Waals surface area contributed by atoms with E-state index in [1.165, 1.54) is 13.2 Å². The predicted octanol–water partition coefficient (Wildman–Crippen LogP) is 3.62. The van der Waals surface area contributed by atoms with Crippen molar-refractivity contribution in [3.05, 3.63) is 47.2 Å². The molecule has 0 atom stereocenters. The Bertz CT molecular complexity index is 999. The minimum absolute atomic E-state index is 0.156. The Morgan fingerprint density at radius 2 is 1.40 bits per heavy atom. The topological polar surface area (TPSA) is 121 Å². The fraction of sp³-hybridized carbons (Fsp3) is 0.176. The van der Waals surface area contributed by atoms with Gasteiger partial charge >= 0.3 is 11.9 Å². The van der Waals surface area contributed by atoms with Gasteiger partial charge in [0.05, 0.1) is 18.1 Å². The Labute approximate surface area is 141 Å². The largest absolute Gasteiger partial charge is 0.477 e. The van der Waals surface area contributed by atoms with Crippen LogP contribution in [0.3, 0.4) is 0 Å². The normalized spacial score (nSPS) is 10.7. The summed E-state index contributed by atoms with van der Waals surface area (Å²) in [5, 5.41) is 8.60. The molecule has 0 bridgehead atoms. The molecule has 4 aromatic heterocycles. The van der Waals surface area contributed by atoms with Crippen LogP contribution in [0.2, 0.25) is 0 Å². The lowest BCUT2D eigenvalue weighted by atomic mass is 10.4. The molecule has 8 heteroatoms. The van der Waals surface area contributed by atoms with Crippen molar-refractivity contribution in [3.8, 4) is 0 Å². The van der Waals surface area contributed by atoms with Gasteiger partial charge < -0.3 is 28.6 Å². The van der Waals surface area contributed by atoms with E-state index in [-0.39, 0.29) is 11.7 Å². The van der Waals surface area contributed by atoms with Gasteiger partial charge in [0, 0.05) is 24.3 Å². The molecule has 0 saturated carbocycles. The number of nitrogens with one attached hydrogen (secondary N) is 2. The van der Waals surface area contributed by atoms with Crippen LogP contribution in [0.4, 0.5) is 0 Å². The second kappa shape index (κ2) is 6.23. The first-order valence-electron chi connectivity index (χ1n) is 7.37. The van der Waals surface area contributed by atoms with Crippen molar-refractivity contribution in [3.63, 3.8) is 0 Å². The molecule has 0 spiro atoms. The van der Waals surface area contributed by atoms with E-state index < -0.39 is 5.97 Å². The van der Waals surface area contributed by atoms with E-state index in [4.69, 9.17) is 13.9 Å². The zero-order valence-corrected chi connectivity index (χ0v) is 13.8. The summed E-state index contributed by atoms with van der Waals surface area (Å²) in [6.45, 7) is 3.67. The van der Waals surface area contributed by atoms with E-state index in [0.717, 1.165) is 22.6 Å². The van der Waals surface area contributed by atoms with Gasteiger partial charge in [0.15, 0.2) is 11.2 Å². The summed E-state index contributed by atoms with van der Waals surface area (Å²) in [7, 11) is 1.34. The number of ether oxygens (including phenoxy) is 1. The molecule has 4 heterocycles. The number of aromatic nitrogens is 2. The molecule has 25 heavy (non-hydrogen) atoms. The highest BCUT2D eigenvalue weighted by Gasteiger charge is 2.11. The first kappa shape index (κ1) is 16.4. The maximum absolute atomic E-state index is 11.1. The molecule has 0 saturated heterocycles. The molecule has 0 aliphatic heterocycles. The van der Waals surface area contributed by atoms with E-state index in [2.05, 4.69) is 14.7 Å². The van der Waals surface area contributed by atoms with Gasteiger partial charge in [-0.15, -0.1) is 0 Å². The van der Waals surface area contributed by atoms with Crippen molar-refractivity contribution < 1.29 is 28.3 Å². The van der Waals surface area contributed by atoms with Crippen LogP contribution < -0.4 is 0 Å². The molecular weight excluding hydrogens is 328 g/mol. The zero-order valence-electron chi connectivity index (χ0n) is 13.8. The fourth-order valence-electron chi connectivity index (χ4n) is 2.43. The third-order valence-corrected chi connectivity index (χ3v) is 3.49. The van der Waals surface area contributed by atoms with E-state index in [1.807, 2.05) is 19.9 Å². The number of carbonyl (C=O) groups excluding carboxylic acids is 1. The molecule has 4 aromatic rings. The number of carboxylic acids is 1. The molecule has 0 aromatic carbocycles. The van der Waals surface area contributed by atoms with Crippen molar-refractivity contribution >= 4 is 34.1 Å². The highest BCUT2D eigenvalue weighted by Crippen LogP contribution is 2.20. The van der Waals surface area contributed by atoms with Gasteiger partial charge in [-0.05, 0) is 13.8 Å². The highest BCUT2D eigenvalue weighted by atomic mass is 16.5. The number of furan rings is 2. The lowest BCUT2D eigenvalue weighted by molar-refractivity contribution is 0.0594. The Hall–Kier alpha value is -3.42. The second-order valence-electron chi connectivity index (χ2n) is 5.43. The van der Waals surface area contributed by atoms with Crippen LogP contribution in [0, 0.1) is 13.8 Å². The minimum Gasteiger partial charge on any atom is -0.477 e. The maximum Gasteiger partial charge on any atom is 0.354 e. The monoisotopic (exact) mass is 344 g/mol. The van der Waals surface area contributed by atoms with E-state index >= 15 is 0 Å². The molecule has 3 N–H and O–H groups in total. The molecule has 0 radical (unpaired) electrons. The van der Waals surface area contributed by atoms with Gasteiger partial charge in [0.1, 0.15) is 22.9 Å². The number of hydrogen-bond acceptors (Lipinski definition) is 5. The van der Waals surface area contributed by atoms with Crippen LogP contribution in [-0.4, -0.2) is 34.1 Å². The Kier molecular flexibility index (Phi) is 4.10. The van der Waals surface area contributed by atoms with Gasteiger partial charge in [-0.2, -0.15) is 0 Å². The minimum atomic E-state index is -0.973. The van der Waals surface area contributed by atoms with Crippen LogP contribution >= 0.6 is 0 Å². The Morgan fingerprint density at radius 1 is 0.920 bits per heavy atom. The number of aromatic carboxylic acids is 1. The zero-order chi connectivity index (χ0) is 18.1. The second-order valence-corrected chi connectivity index (χ2v) is 5.43. The maximum atomic E-state index is 11.1. The van der Waals surface area contributed by atoms with E-state index in [9.17, 15) is 9.59 Å². The number of esters is 1. The first-order valence-corrected chi connectivity index (χ1v) is 7.37. The highest BCUT2D eigenvalue weighted by molar-refractivity contribution is 5.93. The van der Waals surface area contributed by atoms with E-state index in [0.29, 0.717) is 16.9 Å². The van der Waals surface area contributed by atoms with Crippen molar-refractivity contribution in [2.24, 2.45) is 0 Å². The number of methoxy groups -OCH3 is 1. The van der Waals surface area contributed by atoms with Crippen molar-refractivity contribution in [1.29, 1.82) is 0 Å². The van der Waals surface area contributed by atoms with Gasteiger partial charge in [-0.3, -0.25) is 0 Å². The number of carboxylic acid groups (broad SMARTS) is 1. The standard InChI is InChI=1S/C9H9NO3.C8H7NO3/c1-5-3-6-8(13-5)4-7(10-6)9(11)12-2;1-4-2-5-7(12-4)3-6(9-5)8(10)11/h3-4,10H,1-2H3;2-3,9H,1H3,(H,10,11). The van der Waals surface area contributed by atoms with Crippen LogP contribution in [0.15, 0.2) is 33.1 Å². The molecule has 0 aliphatic carbocycles. The summed E-state index contributed by atoms with van der Waals surface area (Å²) in [6, 6.07) is 6.71. The number of fused-ring (bicyclic) bond motifs is 2. The molecule has 130 valence electrons. The van der Waals surface area contributed by atoms with Crippen LogP contribution in [0.5, 0.6) is 0 Å². The predicted molar refractivity (Wildman–Crippen MR) is 88.9 cm³/mol. The summed E-state index contributed by atoms with van der Waals surface area (Å²) in [5.41, 5.74) is 3.38. The van der Waals surface area contributed by atoms with Crippen molar-refractivity contribution in [2.45, 2.75) is 13.8 Å². The third-order valence-electron chi connectivity index (χ3n) is 3.49. The van der Waals surface area contributed by atoms with Gasteiger partial charge in [-0.25, -0.2) is 9.59 Å².